The van der Waals surface area contributed by atoms with Gasteiger partial charge in [-0.1, -0.05) is 54.6 Å². The summed E-state index contributed by atoms with van der Waals surface area (Å²) in [6.07, 6.45) is 12.0. The third kappa shape index (κ3) is 2.54. The molecule has 30 heavy (non-hydrogen) atoms. The van der Waals surface area contributed by atoms with Gasteiger partial charge in [0.15, 0.2) is 0 Å². The first kappa shape index (κ1) is 17.2. The number of benzene rings is 3. The molecule has 0 atom stereocenters. The molecule has 4 fully saturated rings. The molecule has 0 radical (unpaired) electrons. The summed E-state index contributed by atoms with van der Waals surface area (Å²) in [5.74, 6) is 4.97. The second kappa shape index (κ2) is 6.23. The van der Waals surface area contributed by atoms with Gasteiger partial charge < -0.3 is 4.74 Å². The lowest BCUT2D eigenvalue weighted by Crippen LogP contribution is -2.48. The van der Waals surface area contributed by atoms with E-state index in [0.717, 1.165) is 41.2 Å². The smallest absolute Gasteiger partial charge is 0.131 e. The largest absolute Gasteiger partial charge is 0.457 e. The molecule has 150 valence electrons. The molecule has 0 unspecified atom stereocenters. The Hall–Kier alpha value is -2.54. The Labute approximate surface area is 178 Å². The normalized spacial score (nSPS) is 31.3. The Kier molecular flexibility index (Phi) is 3.57. The predicted molar refractivity (Wildman–Crippen MR) is 123 cm³/mol. The molecule has 1 heterocycles. The van der Waals surface area contributed by atoms with E-state index in [4.69, 9.17) is 4.74 Å². The highest BCUT2D eigenvalue weighted by Crippen LogP contribution is 2.61. The topological polar surface area (TPSA) is 9.23 Å². The number of hydrogen-bond acceptors (Lipinski definition) is 1. The number of rotatable bonds is 2. The van der Waals surface area contributed by atoms with E-state index < -0.39 is 0 Å². The van der Waals surface area contributed by atoms with Crippen LogP contribution in [0.4, 0.5) is 0 Å². The Morgan fingerprint density at radius 1 is 0.767 bits per heavy atom. The first-order chi connectivity index (χ1) is 14.8. The van der Waals surface area contributed by atoms with Gasteiger partial charge in [0.25, 0.3) is 0 Å². The van der Waals surface area contributed by atoms with Crippen molar-refractivity contribution in [2.75, 3.05) is 0 Å². The maximum atomic E-state index is 6.32. The fourth-order valence-electron chi connectivity index (χ4n) is 7.61. The van der Waals surface area contributed by atoms with Crippen LogP contribution in [0.5, 0.6) is 5.75 Å². The second-order valence-corrected chi connectivity index (χ2v) is 10.4. The van der Waals surface area contributed by atoms with E-state index in [1.54, 1.807) is 5.56 Å². The van der Waals surface area contributed by atoms with Crippen molar-refractivity contribution >= 4 is 16.5 Å². The third-order valence-corrected chi connectivity index (χ3v) is 8.51. The minimum atomic E-state index is 0.468. The molecule has 5 aliphatic rings. The lowest BCUT2D eigenvalue weighted by atomic mass is 9.48. The van der Waals surface area contributed by atoms with Gasteiger partial charge in [-0.3, -0.25) is 0 Å². The van der Waals surface area contributed by atoms with Crippen molar-refractivity contribution in [3.63, 3.8) is 0 Å². The van der Waals surface area contributed by atoms with Crippen LogP contribution in [-0.4, -0.2) is 0 Å². The quantitative estimate of drug-likeness (QED) is 0.445. The van der Waals surface area contributed by atoms with Crippen molar-refractivity contribution in [2.45, 2.75) is 50.4 Å². The van der Waals surface area contributed by atoms with Gasteiger partial charge in [0, 0.05) is 11.1 Å². The molecule has 1 heteroatoms. The maximum Gasteiger partial charge on any atom is 0.131 e. The SMILES string of the molecule is C1=C(c2ccccc2)Oc2ccc3cc(C45CC6CC(CC(C6)C4)C5)ccc3c2C1. The molecule has 0 aromatic heterocycles. The van der Waals surface area contributed by atoms with Gasteiger partial charge in [-0.25, -0.2) is 0 Å². The van der Waals surface area contributed by atoms with Crippen LogP contribution in [0.1, 0.15) is 55.2 Å². The highest BCUT2D eigenvalue weighted by molar-refractivity contribution is 5.90. The van der Waals surface area contributed by atoms with Crippen molar-refractivity contribution in [1.82, 2.24) is 0 Å². The first-order valence-electron chi connectivity index (χ1n) is 11.8. The van der Waals surface area contributed by atoms with Crippen LogP contribution in [0.3, 0.4) is 0 Å². The van der Waals surface area contributed by atoms with Crippen molar-refractivity contribution in [2.24, 2.45) is 17.8 Å². The zero-order valence-corrected chi connectivity index (χ0v) is 17.4. The predicted octanol–water partition coefficient (Wildman–Crippen LogP) is 7.28. The minimum absolute atomic E-state index is 0.468. The van der Waals surface area contributed by atoms with E-state index in [2.05, 4.69) is 66.7 Å². The molecule has 3 aromatic rings. The fraction of sp³-hybridized carbons (Fsp3) is 0.379. The molecule has 1 aliphatic heterocycles. The highest BCUT2D eigenvalue weighted by atomic mass is 16.5. The zero-order chi connectivity index (χ0) is 19.7. The second-order valence-electron chi connectivity index (χ2n) is 10.4. The molecule has 1 nitrogen and oxygen atoms in total. The Morgan fingerprint density at radius 3 is 2.23 bits per heavy atom. The molecule has 0 spiro atoms. The molecule has 4 saturated carbocycles. The van der Waals surface area contributed by atoms with E-state index in [1.807, 2.05) is 0 Å². The van der Waals surface area contributed by atoms with Crippen molar-refractivity contribution in [3.8, 4) is 5.75 Å². The Bertz CT molecular complexity index is 1130. The molecule has 8 rings (SSSR count). The third-order valence-electron chi connectivity index (χ3n) is 8.51. The Balaban J connectivity index is 1.26. The highest BCUT2D eigenvalue weighted by Gasteiger charge is 2.51. The van der Waals surface area contributed by atoms with Crippen LogP contribution in [0.25, 0.3) is 16.5 Å². The van der Waals surface area contributed by atoms with Gasteiger partial charge >= 0.3 is 0 Å². The minimum Gasteiger partial charge on any atom is -0.457 e. The summed E-state index contributed by atoms with van der Waals surface area (Å²) in [4.78, 5) is 0. The van der Waals surface area contributed by atoms with Crippen LogP contribution < -0.4 is 4.74 Å². The van der Waals surface area contributed by atoms with E-state index in [9.17, 15) is 0 Å². The van der Waals surface area contributed by atoms with Crippen LogP contribution in [0.15, 0.2) is 66.7 Å². The van der Waals surface area contributed by atoms with Gasteiger partial charge in [-0.2, -0.15) is 0 Å². The molecule has 0 saturated heterocycles. The van der Waals surface area contributed by atoms with Crippen LogP contribution in [-0.2, 0) is 11.8 Å². The number of ether oxygens (including phenoxy) is 1. The van der Waals surface area contributed by atoms with Crippen molar-refractivity contribution in [1.29, 1.82) is 0 Å². The van der Waals surface area contributed by atoms with Crippen LogP contribution >= 0.6 is 0 Å². The number of allylic oxidation sites excluding steroid dienone is 1. The first-order valence-corrected chi connectivity index (χ1v) is 11.8. The Morgan fingerprint density at radius 2 is 1.50 bits per heavy atom. The lowest BCUT2D eigenvalue weighted by Gasteiger charge is -2.57. The van der Waals surface area contributed by atoms with Crippen LogP contribution in [0.2, 0.25) is 0 Å². The summed E-state index contributed by atoms with van der Waals surface area (Å²) in [6, 6.07) is 22.3. The molecule has 3 aromatic carbocycles. The monoisotopic (exact) mass is 392 g/mol. The fourth-order valence-corrected chi connectivity index (χ4v) is 7.61. The summed E-state index contributed by atoms with van der Waals surface area (Å²) in [5.41, 5.74) is 4.58. The summed E-state index contributed by atoms with van der Waals surface area (Å²) >= 11 is 0. The lowest BCUT2D eigenvalue weighted by molar-refractivity contribution is -0.00512. The van der Waals surface area contributed by atoms with Gasteiger partial charge in [-0.05, 0) is 96.6 Å². The molecular weight excluding hydrogens is 364 g/mol. The van der Waals surface area contributed by atoms with E-state index in [-0.39, 0.29) is 0 Å². The average Bonchev–Trinajstić information content (AvgIpc) is 2.78. The molecule has 4 aliphatic carbocycles. The summed E-state index contributed by atoms with van der Waals surface area (Å²) < 4.78 is 6.32. The van der Waals surface area contributed by atoms with Gasteiger partial charge in [0.2, 0.25) is 0 Å². The summed E-state index contributed by atoms with van der Waals surface area (Å²) in [5, 5.41) is 2.76. The standard InChI is InChI=1S/C29H28O/c1-2-4-22(5-3-1)27-11-9-26-25-8-7-24(15-23(25)6-10-28(26)30-27)29-16-19-12-20(17-29)14-21(13-19)18-29/h1-8,10-11,15,19-21H,9,12-14,16-18H2. The maximum absolute atomic E-state index is 6.32. The van der Waals surface area contributed by atoms with E-state index in [1.165, 1.54) is 54.9 Å². The van der Waals surface area contributed by atoms with E-state index >= 15 is 0 Å². The van der Waals surface area contributed by atoms with Gasteiger partial charge in [-0.15, -0.1) is 0 Å². The number of hydrogen-bond donors (Lipinski definition) is 0. The zero-order valence-electron chi connectivity index (χ0n) is 17.4. The average molecular weight is 393 g/mol. The van der Waals surface area contributed by atoms with Crippen LogP contribution in [0, 0.1) is 17.8 Å². The van der Waals surface area contributed by atoms with Gasteiger partial charge in [0.1, 0.15) is 11.5 Å². The van der Waals surface area contributed by atoms with Gasteiger partial charge in [0.05, 0.1) is 0 Å². The molecule has 0 N–H and O–H groups in total. The van der Waals surface area contributed by atoms with Crippen molar-refractivity contribution < 1.29 is 4.74 Å². The molecule has 0 amide bonds. The van der Waals surface area contributed by atoms with Crippen molar-refractivity contribution in [3.05, 3.63) is 83.4 Å². The molecule has 4 bridgehead atoms. The van der Waals surface area contributed by atoms with E-state index in [0.29, 0.717) is 5.41 Å². The number of fused-ring (bicyclic) bond motifs is 3. The summed E-state index contributed by atoms with van der Waals surface area (Å²) in [6.45, 7) is 0. The molecular formula is C29H28O. The summed E-state index contributed by atoms with van der Waals surface area (Å²) in [7, 11) is 0.